The maximum Gasteiger partial charge on any atom is 0.167 e. The van der Waals surface area contributed by atoms with E-state index in [4.69, 9.17) is 23.2 Å². The monoisotopic (exact) mass is 285 g/mol. The highest BCUT2D eigenvalue weighted by Gasteiger charge is 2.12. The van der Waals surface area contributed by atoms with E-state index in [9.17, 15) is 0 Å². The van der Waals surface area contributed by atoms with Crippen LogP contribution < -0.4 is 5.32 Å². The SMILES string of the molecule is Cc1nc(C(C)NCc2c(Cl)ccnc2Cl)n[nH]1. The Morgan fingerprint density at radius 3 is 2.83 bits per heavy atom. The van der Waals surface area contributed by atoms with Crippen LogP contribution in [0.15, 0.2) is 12.3 Å². The van der Waals surface area contributed by atoms with Crippen molar-refractivity contribution in [2.45, 2.75) is 26.4 Å². The Morgan fingerprint density at radius 2 is 2.22 bits per heavy atom. The molecule has 2 rings (SSSR count). The summed E-state index contributed by atoms with van der Waals surface area (Å²) in [6.45, 7) is 4.35. The first-order valence-corrected chi connectivity index (χ1v) is 6.24. The van der Waals surface area contributed by atoms with Gasteiger partial charge in [-0.05, 0) is 19.9 Å². The molecule has 7 heteroatoms. The standard InChI is InChI=1S/C11H13Cl2N5/c1-6(11-16-7(2)17-18-11)15-5-8-9(12)3-4-14-10(8)13/h3-4,6,15H,5H2,1-2H3,(H,16,17,18). The second kappa shape index (κ2) is 5.65. The van der Waals surface area contributed by atoms with Gasteiger partial charge in [-0.3, -0.25) is 5.10 Å². The van der Waals surface area contributed by atoms with Crippen molar-refractivity contribution in [1.82, 2.24) is 25.5 Å². The van der Waals surface area contributed by atoms with Crippen LogP contribution in [0, 0.1) is 6.92 Å². The number of aromatic amines is 1. The summed E-state index contributed by atoms with van der Waals surface area (Å²) >= 11 is 12.1. The highest BCUT2D eigenvalue weighted by Crippen LogP contribution is 2.22. The van der Waals surface area contributed by atoms with Gasteiger partial charge in [0.05, 0.1) is 6.04 Å². The van der Waals surface area contributed by atoms with Gasteiger partial charge < -0.3 is 5.32 Å². The second-order valence-electron chi connectivity index (χ2n) is 3.94. The average molecular weight is 286 g/mol. The third kappa shape index (κ3) is 2.98. The molecule has 1 unspecified atom stereocenters. The van der Waals surface area contributed by atoms with Gasteiger partial charge in [0.15, 0.2) is 5.82 Å². The number of H-pyrrole nitrogens is 1. The van der Waals surface area contributed by atoms with E-state index in [0.29, 0.717) is 22.5 Å². The number of rotatable bonds is 4. The Balaban J connectivity index is 2.03. The minimum atomic E-state index is 0.00212. The van der Waals surface area contributed by atoms with Gasteiger partial charge in [-0.15, -0.1) is 0 Å². The molecule has 2 aromatic heterocycles. The average Bonchev–Trinajstić information content (AvgIpc) is 2.75. The highest BCUT2D eigenvalue weighted by atomic mass is 35.5. The predicted molar refractivity (Wildman–Crippen MR) is 70.6 cm³/mol. The number of hydrogen-bond acceptors (Lipinski definition) is 4. The first-order valence-electron chi connectivity index (χ1n) is 5.49. The molecular formula is C11H13Cl2N5. The Hall–Kier alpha value is -1.17. The number of pyridine rings is 1. The molecule has 0 fully saturated rings. The molecule has 0 saturated heterocycles. The summed E-state index contributed by atoms with van der Waals surface area (Å²) in [5, 5.41) is 11.2. The van der Waals surface area contributed by atoms with Gasteiger partial charge in [0.25, 0.3) is 0 Å². The van der Waals surface area contributed by atoms with Crippen LogP contribution in [0.4, 0.5) is 0 Å². The van der Waals surface area contributed by atoms with Gasteiger partial charge in [-0.2, -0.15) is 5.10 Å². The van der Waals surface area contributed by atoms with Crippen molar-refractivity contribution in [2.24, 2.45) is 0 Å². The zero-order valence-corrected chi connectivity index (χ0v) is 11.5. The molecule has 0 spiro atoms. The fraction of sp³-hybridized carbons (Fsp3) is 0.364. The Labute approximate surface area is 115 Å². The van der Waals surface area contributed by atoms with Gasteiger partial charge >= 0.3 is 0 Å². The number of nitrogens with one attached hydrogen (secondary N) is 2. The number of nitrogens with zero attached hydrogens (tertiary/aromatic N) is 3. The van der Waals surface area contributed by atoms with Crippen molar-refractivity contribution in [2.75, 3.05) is 0 Å². The first kappa shape index (κ1) is 13.3. The Kier molecular flexibility index (Phi) is 4.16. The van der Waals surface area contributed by atoms with E-state index < -0.39 is 0 Å². The maximum atomic E-state index is 6.06. The van der Waals surface area contributed by atoms with Crippen molar-refractivity contribution in [1.29, 1.82) is 0 Å². The van der Waals surface area contributed by atoms with Gasteiger partial charge in [-0.25, -0.2) is 9.97 Å². The lowest BCUT2D eigenvalue weighted by molar-refractivity contribution is 0.547. The molecule has 18 heavy (non-hydrogen) atoms. The summed E-state index contributed by atoms with van der Waals surface area (Å²) < 4.78 is 0. The van der Waals surface area contributed by atoms with Crippen molar-refractivity contribution < 1.29 is 0 Å². The lowest BCUT2D eigenvalue weighted by Gasteiger charge is -2.11. The van der Waals surface area contributed by atoms with Gasteiger partial charge in [0.1, 0.15) is 11.0 Å². The number of hydrogen-bond donors (Lipinski definition) is 2. The second-order valence-corrected chi connectivity index (χ2v) is 4.71. The summed E-state index contributed by atoms with van der Waals surface area (Å²) in [6, 6.07) is 1.72. The van der Waals surface area contributed by atoms with E-state index in [1.165, 1.54) is 0 Å². The van der Waals surface area contributed by atoms with Crippen LogP contribution in [0.25, 0.3) is 0 Å². The van der Waals surface area contributed by atoms with Crippen molar-refractivity contribution in [3.8, 4) is 0 Å². The topological polar surface area (TPSA) is 66.5 Å². The third-order valence-electron chi connectivity index (χ3n) is 2.53. The molecule has 0 amide bonds. The molecule has 2 heterocycles. The molecule has 2 aromatic rings. The lowest BCUT2D eigenvalue weighted by Crippen LogP contribution is -2.20. The van der Waals surface area contributed by atoms with Crippen LogP contribution in [0.3, 0.4) is 0 Å². The predicted octanol–water partition coefficient (Wildman–Crippen LogP) is 2.67. The van der Waals surface area contributed by atoms with E-state index in [1.54, 1.807) is 12.3 Å². The van der Waals surface area contributed by atoms with Gasteiger partial charge in [-0.1, -0.05) is 23.2 Å². The molecule has 1 atom stereocenters. The van der Waals surface area contributed by atoms with Crippen LogP contribution >= 0.6 is 23.2 Å². The fourth-order valence-corrected chi connectivity index (χ4v) is 1.99. The number of halogens is 2. The Bertz CT molecular complexity index is 520. The molecule has 0 bridgehead atoms. The number of aryl methyl sites for hydroxylation is 1. The molecular weight excluding hydrogens is 273 g/mol. The molecule has 2 N–H and O–H groups in total. The maximum absolute atomic E-state index is 6.06. The van der Waals surface area contributed by atoms with E-state index in [2.05, 4.69) is 25.5 Å². The normalized spacial score (nSPS) is 12.7. The van der Waals surface area contributed by atoms with Crippen molar-refractivity contribution in [3.05, 3.63) is 39.7 Å². The summed E-state index contributed by atoms with van der Waals surface area (Å²) in [7, 11) is 0. The van der Waals surface area contributed by atoms with Crippen molar-refractivity contribution >= 4 is 23.2 Å². The molecule has 0 radical (unpaired) electrons. The summed E-state index contributed by atoms with van der Waals surface area (Å²) in [5.41, 5.74) is 0.778. The number of aromatic nitrogens is 4. The summed E-state index contributed by atoms with van der Waals surface area (Å²) in [5.74, 6) is 1.50. The zero-order valence-electron chi connectivity index (χ0n) is 10.0. The fourth-order valence-electron chi connectivity index (χ4n) is 1.50. The molecule has 0 aromatic carbocycles. The summed E-state index contributed by atoms with van der Waals surface area (Å²) in [4.78, 5) is 8.26. The van der Waals surface area contributed by atoms with Crippen molar-refractivity contribution in [3.63, 3.8) is 0 Å². The lowest BCUT2D eigenvalue weighted by atomic mass is 10.2. The van der Waals surface area contributed by atoms with E-state index in [0.717, 1.165) is 11.4 Å². The zero-order chi connectivity index (χ0) is 13.1. The largest absolute Gasteiger partial charge is 0.303 e. The molecule has 0 aliphatic rings. The van der Waals surface area contributed by atoms with Gasteiger partial charge in [0.2, 0.25) is 0 Å². The Morgan fingerprint density at radius 1 is 1.44 bits per heavy atom. The van der Waals surface area contributed by atoms with E-state index in [-0.39, 0.29) is 6.04 Å². The van der Waals surface area contributed by atoms with Crippen LogP contribution in [0.5, 0.6) is 0 Å². The third-order valence-corrected chi connectivity index (χ3v) is 3.21. The molecule has 0 saturated carbocycles. The van der Waals surface area contributed by atoms with Crippen LogP contribution in [-0.4, -0.2) is 20.2 Å². The molecule has 96 valence electrons. The minimum absolute atomic E-state index is 0.00212. The van der Waals surface area contributed by atoms with Crippen LogP contribution in [0.1, 0.15) is 30.2 Å². The quantitative estimate of drug-likeness (QED) is 0.848. The van der Waals surface area contributed by atoms with E-state index in [1.807, 2.05) is 13.8 Å². The van der Waals surface area contributed by atoms with Gasteiger partial charge in [0, 0.05) is 23.3 Å². The molecule has 0 aliphatic heterocycles. The first-order chi connectivity index (χ1) is 8.58. The van der Waals surface area contributed by atoms with Crippen LogP contribution in [0.2, 0.25) is 10.2 Å². The van der Waals surface area contributed by atoms with E-state index >= 15 is 0 Å². The molecule has 5 nitrogen and oxygen atoms in total. The van der Waals surface area contributed by atoms with Crippen LogP contribution in [-0.2, 0) is 6.54 Å². The summed E-state index contributed by atoms with van der Waals surface area (Å²) in [6.07, 6.45) is 1.58. The minimum Gasteiger partial charge on any atom is -0.303 e. The molecule has 0 aliphatic carbocycles. The smallest absolute Gasteiger partial charge is 0.167 e. The highest BCUT2D eigenvalue weighted by molar-refractivity contribution is 6.35.